The molecule has 0 radical (unpaired) electrons. The number of carbonyl (C=O) groups is 2. The minimum atomic E-state index is -0.306. The summed E-state index contributed by atoms with van der Waals surface area (Å²) in [6, 6.07) is 15.1. The van der Waals surface area contributed by atoms with E-state index in [1.807, 2.05) is 48.5 Å². The Kier molecular flexibility index (Phi) is 5.83. The van der Waals surface area contributed by atoms with E-state index in [1.54, 1.807) is 12.3 Å². The Morgan fingerprint density at radius 3 is 2.90 bits per heavy atom. The van der Waals surface area contributed by atoms with Gasteiger partial charge in [-0.2, -0.15) is 4.99 Å². The van der Waals surface area contributed by atoms with E-state index in [4.69, 9.17) is 11.6 Å². The van der Waals surface area contributed by atoms with E-state index in [0.29, 0.717) is 27.3 Å². The maximum Gasteiger partial charge on any atom is 0.286 e. The summed E-state index contributed by atoms with van der Waals surface area (Å²) in [5.74, 6) is -0.417. The number of pyridine rings is 1. The van der Waals surface area contributed by atoms with Gasteiger partial charge in [0.25, 0.3) is 5.91 Å². The minimum absolute atomic E-state index is 0.111. The average Bonchev–Trinajstić information content (AvgIpc) is 3.07. The van der Waals surface area contributed by atoms with Gasteiger partial charge in [-0.05, 0) is 59.3 Å². The molecular weight excluding hydrogens is 420 g/mol. The van der Waals surface area contributed by atoms with Crippen molar-refractivity contribution in [3.05, 3.63) is 75.8 Å². The number of aliphatic imine (C=N–C) groups is 1. The van der Waals surface area contributed by atoms with Gasteiger partial charge in [-0.1, -0.05) is 29.8 Å². The maximum absolute atomic E-state index is 12.4. The van der Waals surface area contributed by atoms with E-state index in [2.05, 4.69) is 20.6 Å². The van der Waals surface area contributed by atoms with E-state index in [1.165, 1.54) is 18.7 Å². The summed E-state index contributed by atoms with van der Waals surface area (Å²) in [5.41, 5.74) is 3.31. The van der Waals surface area contributed by atoms with Gasteiger partial charge in [-0.25, -0.2) is 0 Å². The molecule has 4 rings (SSSR count). The van der Waals surface area contributed by atoms with E-state index >= 15 is 0 Å². The summed E-state index contributed by atoms with van der Waals surface area (Å²) in [6.45, 7) is 1.85. The number of amides is 2. The highest BCUT2D eigenvalue weighted by Gasteiger charge is 2.22. The third-order valence-corrected chi connectivity index (χ3v) is 5.59. The summed E-state index contributed by atoms with van der Waals surface area (Å²) in [6.07, 6.45) is 3.56. The first-order chi connectivity index (χ1) is 14.5. The second-order valence-corrected chi connectivity index (χ2v) is 8.08. The smallest absolute Gasteiger partial charge is 0.286 e. The van der Waals surface area contributed by atoms with Crippen LogP contribution in [0.5, 0.6) is 0 Å². The first kappa shape index (κ1) is 20.1. The zero-order chi connectivity index (χ0) is 21.1. The lowest BCUT2D eigenvalue weighted by Crippen LogP contribution is -2.19. The molecule has 0 aliphatic carbocycles. The number of amidine groups is 1. The molecule has 30 heavy (non-hydrogen) atoms. The number of nitrogens with one attached hydrogen (secondary N) is 2. The van der Waals surface area contributed by atoms with Gasteiger partial charge in [-0.3, -0.25) is 14.6 Å². The fraction of sp³-hybridized carbons (Fsp3) is 0.0909. The number of aromatic nitrogens is 1. The van der Waals surface area contributed by atoms with Crippen LogP contribution in [0, 0.1) is 0 Å². The molecule has 2 aromatic carbocycles. The van der Waals surface area contributed by atoms with Crippen molar-refractivity contribution in [1.82, 2.24) is 10.3 Å². The lowest BCUT2D eigenvalue weighted by atomic mass is 10.1. The van der Waals surface area contributed by atoms with Crippen molar-refractivity contribution in [3.8, 4) is 0 Å². The Hall–Kier alpha value is -3.16. The molecule has 6 nitrogen and oxygen atoms in total. The van der Waals surface area contributed by atoms with Crippen molar-refractivity contribution in [3.63, 3.8) is 0 Å². The van der Waals surface area contributed by atoms with E-state index in [-0.39, 0.29) is 11.8 Å². The van der Waals surface area contributed by atoms with Gasteiger partial charge < -0.3 is 10.6 Å². The molecule has 2 N–H and O–H groups in total. The van der Waals surface area contributed by atoms with Crippen molar-refractivity contribution >= 4 is 63.0 Å². The molecule has 0 bridgehead atoms. The zero-order valence-corrected chi connectivity index (χ0v) is 17.6. The molecule has 0 unspecified atom stereocenters. The van der Waals surface area contributed by atoms with Crippen LogP contribution in [0.15, 0.2) is 64.6 Å². The summed E-state index contributed by atoms with van der Waals surface area (Å²) in [7, 11) is 0. The van der Waals surface area contributed by atoms with Gasteiger partial charge in [0, 0.05) is 25.1 Å². The topological polar surface area (TPSA) is 83.5 Å². The van der Waals surface area contributed by atoms with Gasteiger partial charge in [0.2, 0.25) is 5.91 Å². The highest BCUT2D eigenvalue weighted by molar-refractivity contribution is 8.18. The largest absolute Gasteiger partial charge is 0.352 e. The number of carbonyl (C=O) groups excluding carboxylic acids is 2. The first-order valence-electron chi connectivity index (χ1n) is 9.15. The lowest BCUT2D eigenvalue weighted by Gasteiger charge is -2.10. The summed E-state index contributed by atoms with van der Waals surface area (Å²) in [4.78, 5) is 32.4. The third kappa shape index (κ3) is 4.69. The van der Waals surface area contributed by atoms with Crippen molar-refractivity contribution < 1.29 is 9.59 Å². The van der Waals surface area contributed by atoms with Crippen molar-refractivity contribution in [2.45, 2.75) is 13.5 Å². The molecule has 0 saturated heterocycles. The molecule has 8 heteroatoms. The Balaban J connectivity index is 1.50. The Morgan fingerprint density at radius 1 is 1.20 bits per heavy atom. The molecule has 1 aliphatic rings. The van der Waals surface area contributed by atoms with Gasteiger partial charge in [0.15, 0.2) is 5.17 Å². The van der Waals surface area contributed by atoms with Crippen LogP contribution in [-0.4, -0.2) is 22.0 Å². The maximum atomic E-state index is 12.4. The Morgan fingerprint density at radius 2 is 2.07 bits per heavy atom. The van der Waals surface area contributed by atoms with Crippen molar-refractivity contribution in [1.29, 1.82) is 0 Å². The highest BCUT2D eigenvalue weighted by Crippen LogP contribution is 2.32. The Bertz CT molecular complexity index is 1220. The fourth-order valence-corrected chi connectivity index (χ4v) is 3.91. The molecule has 0 fully saturated rings. The minimum Gasteiger partial charge on any atom is -0.352 e. The summed E-state index contributed by atoms with van der Waals surface area (Å²) >= 11 is 7.53. The summed E-state index contributed by atoms with van der Waals surface area (Å²) < 4.78 is 0. The van der Waals surface area contributed by atoms with Crippen LogP contribution in [0.2, 0.25) is 5.02 Å². The SMILES string of the molecule is CC(=O)NCc1ccc(Cl)c(NC2=NC(=O)/C(=C/c3ccc4ncccc4c3)S2)c1. The van der Waals surface area contributed by atoms with Crippen LogP contribution >= 0.6 is 23.4 Å². The molecule has 1 aliphatic heterocycles. The number of benzene rings is 2. The number of anilines is 1. The average molecular weight is 437 g/mol. The van der Waals surface area contributed by atoms with Crippen LogP contribution in [0.4, 0.5) is 5.69 Å². The molecule has 0 saturated carbocycles. The normalized spacial score (nSPS) is 14.8. The monoisotopic (exact) mass is 436 g/mol. The summed E-state index contributed by atoms with van der Waals surface area (Å²) in [5, 5.41) is 7.81. The fourth-order valence-electron chi connectivity index (χ4n) is 2.92. The Labute approximate surface area is 182 Å². The first-order valence-corrected chi connectivity index (χ1v) is 10.3. The zero-order valence-electron chi connectivity index (χ0n) is 16.0. The molecule has 2 amide bonds. The van der Waals surface area contributed by atoms with Gasteiger partial charge in [0.1, 0.15) is 0 Å². The predicted molar refractivity (Wildman–Crippen MR) is 122 cm³/mol. The molecule has 0 spiro atoms. The number of hydrogen-bond donors (Lipinski definition) is 2. The lowest BCUT2D eigenvalue weighted by molar-refractivity contribution is -0.119. The molecule has 1 aromatic heterocycles. The van der Waals surface area contributed by atoms with Gasteiger partial charge in [0.05, 0.1) is 21.1 Å². The molecule has 0 atom stereocenters. The molecule has 150 valence electrons. The quantitative estimate of drug-likeness (QED) is 0.583. The molecule has 3 aromatic rings. The second-order valence-electron chi connectivity index (χ2n) is 6.64. The molecular formula is C22H17ClN4O2S. The van der Waals surface area contributed by atoms with E-state index in [0.717, 1.165) is 22.0 Å². The van der Waals surface area contributed by atoms with Gasteiger partial charge >= 0.3 is 0 Å². The van der Waals surface area contributed by atoms with E-state index in [9.17, 15) is 9.59 Å². The number of fused-ring (bicyclic) bond motifs is 1. The van der Waals surface area contributed by atoms with Gasteiger partial charge in [-0.15, -0.1) is 0 Å². The molecule has 2 heterocycles. The van der Waals surface area contributed by atoms with Crippen molar-refractivity contribution in [2.75, 3.05) is 5.32 Å². The number of halogens is 1. The number of hydrogen-bond acceptors (Lipinski definition) is 5. The number of nitrogens with zero attached hydrogens (tertiary/aromatic N) is 2. The van der Waals surface area contributed by atoms with Crippen molar-refractivity contribution in [2.24, 2.45) is 4.99 Å². The number of rotatable bonds is 4. The van der Waals surface area contributed by atoms with E-state index < -0.39 is 0 Å². The predicted octanol–water partition coefficient (Wildman–Crippen LogP) is 4.61. The van der Waals surface area contributed by atoms with Crippen LogP contribution in [0.1, 0.15) is 18.1 Å². The van der Waals surface area contributed by atoms with Crippen LogP contribution in [0.25, 0.3) is 17.0 Å². The highest BCUT2D eigenvalue weighted by atomic mass is 35.5. The van der Waals surface area contributed by atoms with Crippen LogP contribution in [0.3, 0.4) is 0 Å². The van der Waals surface area contributed by atoms with Crippen LogP contribution in [-0.2, 0) is 16.1 Å². The standard InChI is InChI=1S/C22H17ClN4O2S/c1-13(28)25-12-15-4-6-17(23)19(10-15)26-22-27-21(29)20(30-22)11-14-5-7-18-16(9-14)3-2-8-24-18/h2-11H,12H2,1H3,(H,25,28)(H,26,27,29)/b20-11-. The third-order valence-electron chi connectivity index (χ3n) is 4.36. The van der Waals surface area contributed by atoms with Crippen LogP contribution < -0.4 is 10.6 Å². The second kappa shape index (κ2) is 8.69. The number of thioether (sulfide) groups is 1.